The number of alkyl halides is 3. The molecular weight excluding hydrogens is 815 g/mol. The van der Waals surface area contributed by atoms with E-state index in [1.54, 1.807) is 48.6 Å². The van der Waals surface area contributed by atoms with Gasteiger partial charge < -0.3 is 19.9 Å². The van der Waals surface area contributed by atoms with Crippen molar-refractivity contribution in [2.24, 2.45) is 29.6 Å². The molecule has 12 nitrogen and oxygen atoms in total. The average molecular weight is 847 g/mol. The van der Waals surface area contributed by atoms with E-state index in [0.717, 1.165) is 4.90 Å². The summed E-state index contributed by atoms with van der Waals surface area (Å²) in [4.78, 5) is 63.6. The highest BCUT2D eigenvalue weighted by molar-refractivity contribution is 6.58. The Labute approximate surface area is 344 Å². The first-order chi connectivity index (χ1) is 28.1. The second kappa shape index (κ2) is 14.9. The van der Waals surface area contributed by atoms with Crippen molar-refractivity contribution in [2.45, 2.75) is 24.4 Å². The molecule has 0 radical (unpaired) electrons. The van der Waals surface area contributed by atoms with Crippen LogP contribution in [0.4, 0.5) is 24.7 Å². The number of methoxy groups -OCH3 is 1. The quantitative estimate of drug-likeness (QED) is 0.100. The van der Waals surface area contributed by atoms with Crippen LogP contribution in [0.2, 0.25) is 10.0 Å². The van der Waals surface area contributed by atoms with Gasteiger partial charge in [0.2, 0.25) is 11.8 Å². The molecule has 4 N–H and O–H groups in total. The van der Waals surface area contributed by atoms with E-state index >= 15 is 4.79 Å². The molecule has 18 heteroatoms. The molecule has 3 fully saturated rings. The minimum absolute atomic E-state index is 0.0589. The molecule has 0 unspecified atom stereocenters. The predicted molar refractivity (Wildman–Crippen MR) is 210 cm³/mol. The molecule has 4 amide bonds. The van der Waals surface area contributed by atoms with Crippen molar-refractivity contribution in [1.29, 1.82) is 0 Å². The zero-order valence-corrected chi connectivity index (χ0v) is 32.2. The topological polar surface area (TPSA) is 170 Å². The van der Waals surface area contributed by atoms with E-state index in [1.807, 2.05) is 6.08 Å². The number of rotatable bonds is 8. The summed E-state index contributed by atoms with van der Waals surface area (Å²) in [5.74, 6) is -7.86. The van der Waals surface area contributed by atoms with Crippen molar-refractivity contribution in [3.8, 4) is 11.5 Å². The van der Waals surface area contributed by atoms with Crippen LogP contribution in [-0.2, 0) is 30.8 Å². The molecule has 0 spiro atoms. The second-order valence-corrected chi connectivity index (χ2v) is 15.6. The minimum atomic E-state index is -4.78. The predicted octanol–water partition coefficient (Wildman–Crippen LogP) is 5.54. The molecule has 4 aliphatic rings. The Balaban J connectivity index is 1.28. The molecule has 4 aromatic rings. The molecule has 2 aliphatic carbocycles. The fraction of sp³-hybridized carbons (Fsp3) is 0.244. The Hall–Kier alpha value is -5.68. The second-order valence-electron chi connectivity index (χ2n) is 14.7. The highest BCUT2D eigenvalue weighted by Gasteiger charge is 2.69. The zero-order chi connectivity index (χ0) is 42.1. The van der Waals surface area contributed by atoms with E-state index in [4.69, 9.17) is 27.9 Å². The zero-order valence-electron chi connectivity index (χ0n) is 30.7. The van der Waals surface area contributed by atoms with Gasteiger partial charge in [0.1, 0.15) is 0 Å². The molecule has 2 aliphatic heterocycles. The number of halogens is 5. The SMILES string of the molecule is COc1cc(C=C[C@H]2C3=CC[C@@H]4C(=O)N(c5cccc(B(O)O)c5)C(=O)[C@@H]4[C@@H]3C[C@H]3C(=O)N(Nc4ncc(C(F)(F)F)cc4Cl)C(=O)[C@@]23c2ccc(Cl)cc2)ccc1O. The lowest BCUT2D eigenvalue weighted by molar-refractivity contribution is -0.139. The maximum absolute atomic E-state index is 15.3. The van der Waals surface area contributed by atoms with Gasteiger partial charge in [0.15, 0.2) is 17.3 Å². The van der Waals surface area contributed by atoms with Crippen molar-refractivity contribution < 1.29 is 52.2 Å². The Morgan fingerprint density at radius 2 is 1.71 bits per heavy atom. The number of aromatic nitrogens is 1. The van der Waals surface area contributed by atoms with Gasteiger partial charge in [0.05, 0.1) is 46.6 Å². The number of phenolic OH excluding ortho intramolecular Hbond substituents is 1. The lowest BCUT2D eigenvalue weighted by Gasteiger charge is -2.49. The van der Waals surface area contributed by atoms with Crippen LogP contribution in [0, 0.1) is 29.6 Å². The molecule has 6 atom stereocenters. The molecule has 2 saturated heterocycles. The number of hydrazine groups is 1. The van der Waals surface area contributed by atoms with Crippen LogP contribution in [0.1, 0.15) is 29.5 Å². The van der Waals surface area contributed by atoms with Crippen LogP contribution in [0.3, 0.4) is 0 Å². The van der Waals surface area contributed by atoms with Crippen LogP contribution in [0.25, 0.3) is 6.08 Å². The third-order valence-corrected chi connectivity index (χ3v) is 12.3. The van der Waals surface area contributed by atoms with Gasteiger partial charge in [-0.25, -0.2) is 4.98 Å². The first-order valence-electron chi connectivity index (χ1n) is 18.3. The van der Waals surface area contributed by atoms with Gasteiger partial charge in [0, 0.05) is 17.1 Å². The van der Waals surface area contributed by atoms with Crippen molar-refractivity contribution in [3.05, 3.63) is 123 Å². The number of carbonyl (C=O) groups is 4. The molecule has 8 rings (SSSR count). The Kier molecular flexibility index (Phi) is 10.1. The van der Waals surface area contributed by atoms with E-state index < -0.39 is 88.3 Å². The smallest absolute Gasteiger partial charge is 0.488 e. The van der Waals surface area contributed by atoms with Crippen molar-refractivity contribution in [1.82, 2.24) is 9.99 Å². The first kappa shape index (κ1) is 40.1. The first-order valence-corrected chi connectivity index (χ1v) is 19.0. The number of phenols is 1. The number of imide groups is 2. The van der Waals surface area contributed by atoms with Gasteiger partial charge >= 0.3 is 13.3 Å². The number of ether oxygens (including phenoxy) is 1. The Morgan fingerprint density at radius 3 is 2.39 bits per heavy atom. The number of hydrogen-bond donors (Lipinski definition) is 4. The number of pyridine rings is 1. The summed E-state index contributed by atoms with van der Waals surface area (Å²) in [7, 11) is -0.487. The lowest BCUT2D eigenvalue weighted by Crippen LogP contribution is -2.54. The highest BCUT2D eigenvalue weighted by Crippen LogP contribution is 2.62. The molecule has 302 valence electrons. The van der Waals surface area contributed by atoms with Gasteiger partial charge in [-0.3, -0.25) is 29.5 Å². The van der Waals surface area contributed by atoms with Crippen LogP contribution >= 0.6 is 23.2 Å². The summed E-state index contributed by atoms with van der Waals surface area (Å²) in [6.07, 6.45) is 0.941. The number of fused-ring (bicyclic) bond motifs is 4. The summed E-state index contributed by atoms with van der Waals surface area (Å²) < 4.78 is 45.8. The highest BCUT2D eigenvalue weighted by atomic mass is 35.5. The minimum Gasteiger partial charge on any atom is -0.504 e. The monoisotopic (exact) mass is 846 g/mol. The van der Waals surface area contributed by atoms with E-state index in [2.05, 4.69) is 10.4 Å². The number of benzene rings is 3. The maximum atomic E-state index is 15.3. The third-order valence-electron chi connectivity index (χ3n) is 11.7. The molecule has 1 aromatic heterocycles. The van der Waals surface area contributed by atoms with Crippen molar-refractivity contribution in [3.63, 3.8) is 0 Å². The van der Waals surface area contributed by atoms with Crippen LogP contribution < -0.4 is 20.5 Å². The normalized spacial score (nSPS) is 25.2. The van der Waals surface area contributed by atoms with Crippen LogP contribution in [0.5, 0.6) is 11.5 Å². The number of nitrogens with one attached hydrogen (secondary N) is 1. The number of allylic oxidation sites excluding steroid dienone is 3. The lowest BCUT2D eigenvalue weighted by atomic mass is 9.50. The number of anilines is 2. The van der Waals surface area contributed by atoms with E-state index in [9.17, 15) is 42.7 Å². The van der Waals surface area contributed by atoms with Gasteiger partial charge in [-0.2, -0.15) is 18.2 Å². The van der Waals surface area contributed by atoms with E-state index in [1.165, 1.54) is 37.4 Å². The molecule has 3 heterocycles. The molecule has 3 aromatic carbocycles. The van der Waals surface area contributed by atoms with Gasteiger partial charge in [-0.15, -0.1) is 0 Å². The summed E-state index contributed by atoms with van der Waals surface area (Å²) in [5.41, 5.74) is 1.38. The summed E-state index contributed by atoms with van der Waals surface area (Å²) >= 11 is 12.6. The largest absolute Gasteiger partial charge is 0.504 e. The van der Waals surface area contributed by atoms with E-state index in [0.29, 0.717) is 39.0 Å². The number of amides is 4. The van der Waals surface area contributed by atoms with Gasteiger partial charge in [0.25, 0.3) is 11.8 Å². The average Bonchev–Trinajstić information content (AvgIpc) is 3.59. The van der Waals surface area contributed by atoms with Crippen LogP contribution in [-0.4, -0.2) is 63.0 Å². The van der Waals surface area contributed by atoms with E-state index in [-0.39, 0.29) is 35.5 Å². The summed E-state index contributed by atoms with van der Waals surface area (Å²) in [5, 5.41) is 30.5. The Morgan fingerprint density at radius 1 is 0.966 bits per heavy atom. The standard InChI is InChI=1S/C41H32BCl2F3N4O8/c1-59-33-15-20(6-14-32(33)52)5-13-29-26-11-12-27-34(38(55)50(36(27)53)25-4-2-3-23(17-25)42(57)58)28(26)18-30-37(54)51(39(56)40(29,30)21-7-9-24(43)10-8-21)49-35-31(44)16-22(19-48-35)41(45,46)47/h2-11,13-17,19,27-30,34,52,57-58H,12,18H2,1H3,(H,48,49)/t27-,28+,29-,30-,34-,40-/m0/s1. The summed E-state index contributed by atoms with van der Waals surface area (Å²) in [6.45, 7) is 0. The maximum Gasteiger partial charge on any atom is 0.488 e. The number of carbonyl (C=O) groups excluding carboxylic acids is 4. The van der Waals surface area contributed by atoms with Gasteiger partial charge in [-0.1, -0.05) is 77.3 Å². The molecule has 59 heavy (non-hydrogen) atoms. The third kappa shape index (κ3) is 6.54. The molecular formula is C41H32BCl2F3N4O8. The van der Waals surface area contributed by atoms with Crippen molar-refractivity contribution >= 4 is 77.0 Å². The molecule has 0 bridgehead atoms. The van der Waals surface area contributed by atoms with Crippen molar-refractivity contribution in [2.75, 3.05) is 17.4 Å². The van der Waals surface area contributed by atoms with Crippen LogP contribution in [0.15, 0.2) is 96.7 Å². The fourth-order valence-electron chi connectivity index (χ4n) is 9.11. The van der Waals surface area contributed by atoms with Gasteiger partial charge in [-0.05, 0) is 77.8 Å². The Bertz CT molecular complexity index is 2490. The molecule has 1 saturated carbocycles. The number of aromatic hydroxyl groups is 1. The number of hydrogen-bond acceptors (Lipinski definition) is 10. The number of nitrogens with zero attached hydrogens (tertiary/aromatic N) is 3. The summed E-state index contributed by atoms with van der Waals surface area (Å²) in [6, 6.07) is 17.3. The fourth-order valence-corrected chi connectivity index (χ4v) is 9.45.